The number of nitrogens with zero attached hydrogens (tertiary/aromatic N) is 3. The second-order valence-electron chi connectivity index (χ2n) is 7.22. The first kappa shape index (κ1) is 19.7. The van der Waals surface area contributed by atoms with Crippen molar-refractivity contribution in [3.63, 3.8) is 0 Å². The van der Waals surface area contributed by atoms with Crippen molar-refractivity contribution in [1.82, 2.24) is 14.3 Å². The molecule has 3 rings (SSSR count). The summed E-state index contributed by atoms with van der Waals surface area (Å²) < 4.78 is 9.84. The van der Waals surface area contributed by atoms with Crippen LogP contribution in [0, 0.1) is 17.6 Å². The molecule has 1 fully saturated rings. The van der Waals surface area contributed by atoms with E-state index in [1.54, 1.807) is 7.11 Å². The number of methoxy groups -OCH3 is 1. The summed E-state index contributed by atoms with van der Waals surface area (Å²) in [5, 5.41) is 4.82. The number of primary amides is 1. The smallest absolute Gasteiger partial charge is 0.226 e. The van der Waals surface area contributed by atoms with E-state index in [0.29, 0.717) is 24.6 Å². The molecular formula is C19H28N5O2S+. The molecule has 1 aromatic heterocycles. The molecule has 3 N–H and O–H groups in total. The highest BCUT2D eigenvalue weighted by molar-refractivity contribution is 7.71. The third-order valence-electron chi connectivity index (χ3n) is 5.11. The normalized spacial score (nSPS) is 19.9. The quantitative estimate of drug-likeness (QED) is 0.685. The van der Waals surface area contributed by atoms with Crippen LogP contribution >= 0.6 is 12.2 Å². The predicted octanol–water partition coefficient (Wildman–Crippen LogP) is 0.774. The van der Waals surface area contributed by atoms with Gasteiger partial charge < -0.3 is 15.4 Å². The van der Waals surface area contributed by atoms with E-state index in [2.05, 4.69) is 25.1 Å². The first-order valence-electron chi connectivity index (χ1n) is 9.36. The second-order valence-corrected chi connectivity index (χ2v) is 7.59. The molecule has 1 aliphatic heterocycles. The molecule has 2 atom stereocenters. The lowest BCUT2D eigenvalue weighted by Crippen LogP contribution is -3.13. The molecule has 1 aromatic carbocycles. The van der Waals surface area contributed by atoms with Crippen LogP contribution in [0.1, 0.15) is 18.4 Å². The van der Waals surface area contributed by atoms with Gasteiger partial charge in [-0.2, -0.15) is 4.68 Å². The fourth-order valence-corrected chi connectivity index (χ4v) is 3.96. The number of carbonyl (C=O) groups excluding carboxylic acids is 1. The Kier molecular flexibility index (Phi) is 6.41. The van der Waals surface area contributed by atoms with Gasteiger partial charge >= 0.3 is 0 Å². The Hall–Kier alpha value is -2.03. The van der Waals surface area contributed by atoms with Gasteiger partial charge in [-0.25, -0.2) is 0 Å². The van der Waals surface area contributed by atoms with Crippen LogP contribution in [0.15, 0.2) is 24.3 Å². The number of likely N-dealkylation sites (tertiary alicyclic amines) is 1. The van der Waals surface area contributed by atoms with Gasteiger partial charge in [-0.3, -0.25) is 9.36 Å². The Bertz CT molecular complexity index is 860. The van der Waals surface area contributed by atoms with E-state index in [4.69, 9.17) is 27.8 Å². The molecule has 0 spiro atoms. The molecule has 1 saturated heterocycles. The van der Waals surface area contributed by atoms with Crippen molar-refractivity contribution in [2.75, 3.05) is 26.8 Å². The van der Waals surface area contributed by atoms with Crippen molar-refractivity contribution in [2.24, 2.45) is 11.7 Å². The molecule has 2 heterocycles. The summed E-state index contributed by atoms with van der Waals surface area (Å²) in [6.07, 6.45) is 1.87. The van der Waals surface area contributed by atoms with Gasteiger partial charge in [0.15, 0.2) is 12.5 Å². The Morgan fingerprint density at radius 3 is 3.00 bits per heavy atom. The lowest BCUT2D eigenvalue weighted by atomic mass is 9.98. The Balaban J connectivity index is 1.89. The number of nitrogens with one attached hydrogen (secondary N) is 1. The zero-order chi connectivity index (χ0) is 19.4. The number of rotatable bonds is 7. The van der Waals surface area contributed by atoms with Crippen molar-refractivity contribution in [1.29, 1.82) is 0 Å². The van der Waals surface area contributed by atoms with Crippen LogP contribution < -0.4 is 10.6 Å². The number of benzene rings is 1. The molecule has 0 saturated carbocycles. The average molecular weight is 391 g/mol. The monoisotopic (exact) mass is 390 g/mol. The van der Waals surface area contributed by atoms with E-state index in [1.165, 1.54) is 10.5 Å². The van der Waals surface area contributed by atoms with Crippen molar-refractivity contribution < 1.29 is 14.4 Å². The third kappa shape index (κ3) is 4.63. The molecule has 146 valence electrons. The van der Waals surface area contributed by atoms with Crippen LogP contribution in [-0.4, -0.2) is 47.1 Å². The molecule has 1 unspecified atom stereocenters. The summed E-state index contributed by atoms with van der Waals surface area (Å²) in [5.41, 5.74) is 7.73. The number of amides is 1. The molecule has 1 aliphatic rings. The summed E-state index contributed by atoms with van der Waals surface area (Å²) in [7, 11) is 1.68. The van der Waals surface area contributed by atoms with Crippen molar-refractivity contribution in [3.05, 3.63) is 34.6 Å². The number of quaternary nitrogens is 1. The molecule has 1 amide bonds. The van der Waals surface area contributed by atoms with E-state index in [9.17, 15) is 4.79 Å². The topological polar surface area (TPSA) is 79.5 Å². The van der Waals surface area contributed by atoms with E-state index in [-0.39, 0.29) is 11.8 Å². The second kappa shape index (κ2) is 8.77. The number of aryl methyl sites for hydroxylation is 1. The Morgan fingerprint density at radius 1 is 1.48 bits per heavy atom. The van der Waals surface area contributed by atoms with Crippen molar-refractivity contribution in [2.45, 2.75) is 33.0 Å². The number of ether oxygens (including phenoxy) is 1. The standard InChI is InChI=1S/C19H27N5O2S/c1-14-5-3-6-15(11-14)18-21-24(19(27)23(18)9-10-26-2)13-22-8-4-7-16(12-22)17(20)25/h3,5-6,11,16H,4,7-10,12-13H2,1-2H3,(H2,20,25)/p+1/t16-/m1/s1. The Morgan fingerprint density at radius 2 is 2.30 bits per heavy atom. The maximum absolute atomic E-state index is 11.6. The largest absolute Gasteiger partial charge is 0.383 e. The van der Waals surface area contributed by atoms with E-state index in [1.807, 2.05) is 15.3 Å². The predicted molar refractivity (Wildman–Crippen MR) is 106 cm³/mol. The van der Waals surface area contributed by atoms with Gasteiger partial charge in [0.25, 0.3) is 0 Å². The van der Waals surface area contributed by atoms with Gasteiger partial charge in [-0.15, -0.1) is 5.10 Å². The minimum Gasteiger partial charge on any atom is -0.383 e. The number of piperidine rings is 1. The SMILES string of the molecule is COCCn1c(-c2cccc(C)c2)nn(C[NH+]2CCC[C@@H](C(N)=O)C2)c1=S. The van der Waals surface area contributed by atoms with Crippen molar-refractivity contribution >= 4 is 18.1 Å². The van der Waals surface area contributed by atoms with Crippen LogP contribution in [0.25, 0.3) is 11.4 Å². The highest BCUT2D eigenvalue weighted by atomic mass is 32.1. The average Bonchev–Trinajstić information content (AvgIpc) is 2.96. The van der Waals surface area contributed by atoms with E-state index in [0.717, 1.165) is 37.3 Å². The number of aromatic nitrogens is 3. The summed E-state index contributed by atoms with van der Waals surface area (Å²) >= 11 is 5.71. The number of nitrogens with two attached hydrogens (primary N) is 1. The molecule has 8 heteroatoms. The zero-order valence-electron chi connectivity index (χ0n) is 16.0. The van der Waals surface area contributed by atoms with Crippen LogP contribution in [0.2, 0.25) is 0 Å². The highest BCUT2D eigenvalue weighted by Crippen LogP contribution is 2.19. The highest BCUT2D eigenvalue weighted by Gasteiger charge is 2.28. The van der Waals surface area contributed by atoms with E-state index >= 15 is 0 Å². The zero-order valence-corrected chi connectivity index (χ0v) is 16.8. The molecule has 0 bridgehead atoms. The molecule has 0 aliphatic carbocycles. The minimum absolute atomic E-state index is 0.0604. The maximum atomic E-state index is 11.6. The van der Waals surface area contributed by atoms with Gasteiger partial charge in [0.2, 0.25) is 10.7 Å². The number of hydrogen-bond donors (Lipinski definition) is 2. The summed E-state index contributed by atoms with van der Waals surface area (Å²) in [6.45, 7) is 5.66. The van der Waals surface area contributed by atoms with Gasteiger partial charge in [0.05, 0.1) is 32.2 Å². The summed E-state index contributed by atoms with van der Waals surface area (Å²) in [4.78, 5) is 12.8. The Labute approximate surface area is 164 Å². The first-order valence-corrected chi connectivity index (χ1v) is 9.77. The molecule has 7 nitrogen and oxygen atoms in total. The van der Waals surface area contributed by atoms with Gasteiger partial charge in [-0.05, 0) is 38.0 Å². The van der Waals surface area contributed by atoms with Gasteiger partial charge in [0.1, 0.15) is 0 Å². The van der Waals surface area contributed by atoms with Crippen LogP contribution in [0.5, 0.6) is 0 Å². The van der Waals surface area contributed by atoms with E-state index < -0.39 is 0 Å². The van der Waals surface area contributed by atoms with Gasteiger partial charge in [-0.1, -0.05) is 23.8 Å². The number of carbonyl (C=O) groups is 1. The molecule has 27 heavy (non-hydrogen) atoms. The maximum Gasteiger partial charge on any atom is 0.226 e. The lowest BCUT2D eigenvalue weighted by molar-refractivity contribution is -0.930. The number of hydrogen-bond acceptors (Lipinski definition) is 4. The molecular weight excluding hydrogens is 362 g/mol. The lowest BCUT2D eigenvalue weighted by Gasteiger charge is -2.27. The minimum atomic E-state index is -0.207. The van der Waals surface area contributed by atoms with Crippen LogP contribution in [0.3, 0.4) is 0 Å². The fourth-order valence-electron chi connectivity index (χ4n) is 3.68. The molecule has 0 radical (unpaired) electrons. The summed E-state index contributed by atoms with van der Waals surface area (Å²) in [6, 6.07) is 8.26. The third-order valence-corrected chi connectivity index (χ3v) is 5.54. The first-order chi connectivity index (χ1) is 13.0. The van der Waals surface area contributed by atoms with Gasteiger partial charge in [0, 0.05) is 12.7 Å². The van der Waals surface area contributed by atoms with Crippen LogP contribution in [-0.2, 0) is 22.7 Å². The summed E-state index contributed by atoms with van der Waals surface area (Å²) in [5.74, 6) is 0.584. The van der Waals surface area contributed by atoms with Crippen molar-refractivity contribution in [3.8, 4) is 11.4 Å². The molecule has 2 aromatic rings. The van der Waals surface area contributed by atoms with Crippen LogP contribution in [0.4, 0.5) is 0 Å². The fraction of sp³-hybridized carbons (Fsp3) is 0.526.